The third-order valence-electron chi connectivity index (χ3n) is 8.07. The van der Waals surface area contributed by atoms with E-state index in [1.165, 1.54) is 18.2 Å². The number of aromatic nitrogens is 3. The van der Waals surface area contributed by atoms with E-state index in [0.29, 0.717) is 42.7 Å². The molecule has 220 valence electrons. The largest absolute Gasteiger partial charge is 0.496 e. The molecule has 12 nitrogen and oxygen atoms in total. The second kappa shape index (κ2) is 12.4. The van der Waals surface area contributed by atoms with Crippen molar-refractivity contribution in [3.05, 3.63) is 71.0 Å². The van der Waals surface area contributed by atoms with Crippen molar-refractivity contribution in [3.8, 4) is 5.75 Å². The lowest BCUT2D eigenvalue weighted by Gasteiger charge is -2.30. The number of ether oxygens (including phenoxy) is 1. The van der Waals surface area contributed by atoms with Gasteiger partial charge in [0.15, 0.2) is 0 Å². The number of aryl methyl sites for hydroxylation is 1. The lowest BCUT2D eigenvalue weighted by molar-refractivity contribution is -0.130. The summed E-state index contributed by atoms with van der Waals surface area (Å²) in [5.41, 5.74) is 3.48. The first-order chi connectivity index (χ1) is 20.3. The highest BCUT2D eigenvalue weighted by Crippen LogP contribution is 2.39. The summed E-state index contributed by atoms with van der Waals surface area (Å²) in [5.74, 6) is -1.39. The average molecular weight is 574 g/mol. The van der Waals surface area contributed by atoms with Gasteiger partial charge < -0.3 is 20.7 Å². The van der Waals surface area contributed by atoms with Crippen LogP contribution in [0.3, 0.4) is 0 Å². The number of hydrogen-bond acceptors (Lipinski definition) is 7. The summed E-state index contributed by atoms with van der Waals surface area (Å²) >= 11 is 0. The Morgan fingerprint density at radius 3 is 2.67 bits per heavy atom. The Morgan fingerprint density at radius 1 is 1.14 bits per heavy atom. The maximum atomic E-state index is 14.0. The summed E-state index contributed by atoms with van der Waals surface area (Å²) in [6.45, 7) is 3.97. The minimum Gasteiger partial charge on any atom is -0.496 e. The van der Waals surface area contributed by atoms with Crippen molar-refractivity contribution in [1.29, 1.82) is 0 Å². The molecule has 0 fully saturated rings. The predicted molar refractivity (Wildman–Crippen MR) is 154 cm³/mol. The van der Waals surface area contributed by atoms with Gasteiger partial charge in [0.1, 0.15) is 29.6 Å². The molecule has 0 aliphatic carbocycles. The zero-order chi connectivity index (χ0) is 29.8. The highest BCUT2D eigenvalue weighted by atomic mass is 16.5. The Bertz CT molecular complexity index is 1470. The first kappa shape index (κ1) is 28.8. The number of anilines is 1. The van der Waals surface area contributed by atoms with E-state index in [0.717, 1.165) is 16.8 Å². The van der Waals surface area contributed by atoms with E-state index >= 15 is 0 Å². The molecule has 0 radical (unpaired) electrons. The normalized spacial score (nSPS) is 18.8. The third kappa shape index (κ3) is 5.69. The Kier molecular flexibility index (Phi) is 8.51. The molecule has 0 unspecified atom stereocenters. The van der Waals surface area contributed by atoms with Gasteiger partial charge in [0.05, 0.1) is 31.1 Å². The molecule has 2 aliphatic rings. The quantitative estimate of drug-likeness (QED) is 0.287. The van der Waals surface area contributed by atoms with Crippen molar-refractivity contribution in [1.82, 2.24) is 31.4 Å². The first-order valence-electron chi connectivity index (χ1n) is 14.1. The number of methoxy groups -OCH3 is 1. The van der Waals surface area contributed by atoms with Crippen LogP contribution in [0.2, 0.25) is 0 Å². The molecule has 42 heavy (non-hydrogen) atoms. The van der Waals surface area contributed by atoms with E-state index < -0.39 is 29.9 Å². The fraction of sp³-hybridized carbons (Fsp3) is 0.400. The van der Waals surface area contributed by atoms with Crippen LogP contribution in [0.4, 0.5) is 5.69 Å². The molecule has 1 aromatic heterocycles. The smallest absolute Gasteiger partial charge is 0.255 e. The second-order valence-corrected chi connectivity index (χ2v) is 10.7. The molecule has 0 saturated carbocycles. The van der Waals surface area contributed by atoms with Gasteiger partial charge >= 0.3 is 0 Å². The van der Waals surface area contributed by atoms with Gasteiger partial charge in [-0.15, -0.1) is 0 Å². The average Bonchev–Trinajstić information content (AvgIpc) is 3.65. The number of H-pyrrole nitrogens is 1. The number of aromatic amines is 1. The van der Waals surface area contributed by atoms with E-state index in [2.05, 4.69) is 31.4 Å². The number of para-hydroxylation sites is 2. The second-order valence-electron chi connectivity index (χ2n) is 10.7. The monoisotopic (exact) mass is 573 g/mol. The molecule has 2 aromatic carbocycles. The first-order valence-corrected chi connectivity index (χ1v) is 14.1. The fourth-order valence-electron chi connectivity index (χ4n) is 5.60. The van der Waals surface area contributed by atoms with E-state index in [1.807, 2.05) is 32.0 Å². The summed E-state index contributed by atoms with van der Waals surface area (Å²) in [4.78, 5) is 55.8. The summed E-state index contributed by atoms with van der Waals surface area (Å²) in [7, 11) is 1.48. The molecule has 4 atom stereocenters. The molecule has 0 bridgehead atoms. The minimum absolute atomic E-state index is 0.166. The maximum absolute atomic E-state index is 14.0. The minimum atomic E-state index is -0.887. The zero-order valence-electron chi connectivity index (χ0n) is 23.8. The van der Waals surface area contributed by atoms with Crippen LogP contribution in [-0.2, 0) is 33.8 Å². The summed E-state index contributed by atoms with van der Waals surface area (Å²) < 4.78 is 5.32. The highest BCUT2D eigenvalue weighted by Gasteiger charge is 2.44. The lowest BCUT2D eigenvalue weighted by atomic mass is 9.96. The number of nitrogens with zero attached hydrogens (tertiary/aromatic N) is 3. The third-order valence-corrected chi connectivity index (χ3v) is 8.07. The molecule has 2 aliphatic heterocycles. The van der Waals surface area contributed by atoms with Crippen LogP contribution in [0.1, 0.15) is 53.9 Å². The SMILES string of the molecule is CC[C@H](C)[C@H](NC(=O)c1ccccc1OC)C(=O)N[C@H]1CCc2cccc3c2N(C1=O)[C@H](C(=O)NCc1cn[nH]n1)C3. The molecule has 3 aromatic rings. The number of carbonyl (C=O) groups excluding carboxylic acids is 4. The molecule has 4 amide bonds. The summed E-state index contributed by atoms with van der Waals surface area (Å²) in [6, 6.07) is 10.1. The van der Waals surface area contributed by atoms with Gasteiger partial charge in [-0.2, -0.15) is 15.4 Å². The topological polar surface area (TPSA) is 158 Å². The van der Waals surface area contributed by atoms with Gasteiger partial charge in [-0.3, -0.25) is 24.1 Å². The standard InChI is InChI=1S/C30H35N7O5/c1-4-17(2)25(34-27(38)21-10-5-6-11-24(21)42-3)29(40)33-22-13-12-18-8-7-9-19-14-23(37(26(18)19)30(22)41)28(39)31-15-20-16-32-36-35-20/h5-11,16-17,22-23,25H,4,12-15H2,1-3H3,(H,31,39)(H,33,40)(H,34,38)(H,32,35,36)/t17-,22-,23-,25-/m0/s1. The van der Waals surface area contributed by atoms with E-state index in [9.17, 15) is 19.2 Å². The van der Waals surface area contributed by atoms with Crippen LogP contribution in [0, 0.1) is 5.92 Å². The number of amides is 4. The zero-order valence-corrected chi connectivity index (χ0v) is 23.8. The van der Waals surface area contributed by atoms with Gasteiger partial charge in [-0.05, 0) is 42.0 Å². The van der Waals surface area contributed by atoms with Gasteiger partial charge in [0.2, 0.25) is 17.7 Å². The van der Waals surface area contributed by atoms with Crippen LogP contribution >= 0.6 is 0 Å². The number of rotatable bonds is 10. The summed E-state index contributed by atoms with van der Waals surface area (Å²) in [6.07, 6.45) is 3.41. The molecule has 12 heteroatoms. The molecular weight excluding hydrogens is 538 g/mol. The van der Waals surface area contributed by atoms with Crippen molar-refractivity contribution in [3.63, 3.8) is 0 Å². The number of nitrogens with one attached hydrogen (secondary N) is 4. The van der Waals surface area contributed by atoms with E-state index in [-0.39, 0.29) is 24.3 Å². The Hall–Kier alpha value is -4.74. The van der Waals surface area contributed by atoms with Crippen LogP contribution in [0.15, 0.2) is 48.7 Å². The molecular formula is C30H35N7O5. The Balaban J connectivity index is 1.35. The van der Waals surface area contributed by atoms with Crippen LogP contribution in [-0.4, -0.2) is 64.3 Å². The maximum Gasteiger partial charge on any atom is 0.255 e. The van der Waals surface area contributed by atoms with Gasteiger partial charge in [-0.1, -0.05) is 50.6 Å². The van der Waals surface area contributed by atoms with E-state index in [4.69, 9.17) is 4.74 Å². The number of benzene rings is 2. The molecule has 0 saturated heterocycles. The number of carbonyl (C=O) groups is 4. The van der Waals surface area contributed by atoms with Crippen molar-refractivity contribution in [2.45, 2.75) is 64.2 Å². The van der Waals surface area contributed by atoms with Crippen LogP contribution < -0.4 is 25.6 Å². The van der Waals surface area contributed by atoms with Gasteiger partial charge in [-0.25, -0.2) is 0 Å². The molecule has 4 N–H and O–H groups in total. The van der Waals surface area contributed by atoms with Gasteiger partial charge in [0.25, 0.3) is 5.91 Å². The van der Waals surface area contributed by atoms with Crippen molar-refractivity contribution in [2.75, 3.05) is 12.0 Å². The van der Waals surface area contributed by atoms with Crippen LogP contribution in [0.5, 0.6) is 5.75 Å². The molecule has 0 spiro atoms. The molecule has 5 rings (SSSR count). The number of hydrogen-bond donors (Lipinski definition) is 4. The van der Waals surface area contributed by atoms with E-state index in [1.54, 1.807) is 24.3 Å². The van der Waals surface area contributed by atoms with Crippen molar-refractivity contribution >= 4 is 29.3 Å². The Morgan fingerprint density at radius 2 is 1.93 bits per heavy atom. The predicted octanol–water partition coefficient (Wildman–Crippen LogP) is 1.66. The Labute approximate surface area is 243 Å². The fourth-order valence-corrected chi connectivity index (χ4v) is 5.60. The molecule has 3 heterocycles. The summed E-state index contributed by atoms with van der Waals surface area (Å²) in [5, 5.41) is 18.9. The van der Waals surface area contributed by atoms with Crippen molar-refractivity contribution in [2.24, 2.45) is 5.92 Å². The lowest BCUT2D eigenvalue weighted by Crippen LogP contribution is -2.58. The van der Waals surface area contributed by atoms with Crippen LogP contribution in [0.25, 0.3) is 0 Å². The highest BCUT2D eigenvalue weighted by molar-refractivity contribution is 6.08. The van der Waals surface area contributed by atoms with Gasteiger partial charge in [0, 0.05) is 6.42 Å². The van der Waals surface area contributed by atoms with Crippen molar-refractivity contribution < 1.29 is 23.9 Å².